The second kappa shape index (κ2) is 4.67. The van der Waals surface area contributed by atoms with Gasteiger partial charge in [-0.25, -0.2) is 13.1 Å². The van der Waals surface area contributed by atoms with Crippen LogP contribution in [0.15, 0.2) is 18.5 Å². The molecule has 6 nitrogen and oxygen atoms in total. The molecule has 0 aliphatic rings. The van der Waals surface area contributed by atoms with Gasteiger partial charge in [-0.3, -0.25) is 4.79 Å². The number of nitrogens with one attached hydrogen (secondary N) is 1. The molecule has 1 unspecified atom stereocenters. The van der Waals surface area contributed by atoms with Gasteiger partial charge in [0.15, 0.2) is 5.25 Å². The number of carboxylic acids is 1. The molecule has 1 atom stereocenters. The lowest BCUT2D eigenvalue weighted by atomic mass is 10.4. The van der Waals surface area contributed by atoms with Crippen LogP contribution in [-0.4, -0.2) is 29.3 Å². The van der Waals surface area contributed by atoms with Crippen LogP contribution in [0.5, 0.6) is 0 Å². The molecule has 0 saturated carbocycles. The van der Waals surface area contributed by atoms with Crippen LogP contribution in [0.25, 0.3) is 0 Å². The summed E-state index contributed by atoms with van der Waals surface area (Å²) in [7, 11) is -1.99. The molecule has 0 amide bonds. The molecule has 90 valence electrons. The maximum absolute atomic E-state index is 11.5. The highest BCUT2D eigenvalue weighted by Gasteiger charge is 2.26. The minimum atomic E-state index is -3.81. The summed E-state index contributed by atoms with van der Waals surface area (Å²) in [6, 6.07) is 1.76. The summed E-state index contributed by atoms with van der Waals surface area (Å²) in [5.74, 6) is -1.36. The van der Waals surface area contributed by atoms with E-state index in [0.29, 0.717) is 0 Å². The number of sulfonamides is 1. The van der Waals surface area contributed by atoms with E-state index in [0.717, 1.165) is 12.5 Å². The van der Waals surface area contributed by atoms with E-state index in [9.17, 15) is 13.2 Å². The number of rotatable bonds is 5. The highest BCUT2D eigenvalue weighted by Crippen LogP contribution is 2.03. The SMILES string of the molecule is CC(C(=O)O)S(=O)(=O)NCc1ccn(C)c1. The predicted molar refractivity (Wildman–Crippen MR) is 58.3 cm³/mol. The summed E-state index contributed by atoms with van der Waals surface area (Å²) in [5, 5.41) is 7.15. The third kappa shape index (κ3) is 3.07. The monoisotopic (exact) mass is 246 g/mol. The third-order valence-corrected chi connectivity index (χ3v) is 3.86. The van der Waals surface area contributed by atoms with E-state index in [2.05, 4.69) is 4.72 Å². The molecule has 1 aromatic rings. The third-order valence-electron chi connectivity index (χ3n) is 2.18. The van der Waals surface area contributed by atoms with Crippen LogP contribution in [0.4, 0.5) is 0 Å². The summed E-state index contributed by atoms with van der Waals surface area (Å²) in [6.07, 6.45) is 3.54. The second-order valence-corrected chi connectivity index (χ2v) is 5.62. The van der Waals surface area contributed by atoms with Crippen molar-refractivity contribution in [3.8, 4) is 0 Å². The van der Waals surface area contributed by atoms with Crippen molar-refractivity contribution < 1.29 is 18.3 Å². The zero-order valence-corrected chi connectivity index (χ0v) is 9.86. The number of carboxylic acid groups (broad SMARTS) is 1. The average molecular weight is 246 g/mol. The number of hydrogen-bond acceptors (Lipinski definition) is 3. The Morgan fingerprint density at radius 3 is 2.69 bits per heavy atom. The van der Waals surface area contributed by atoms with E-state index in [1.54, 1.807) is 23.0 Å². The van der Waals surface area contributed by atoms with Crippen molar-refractivity contribution >= 4 is 16.0 Å². The molecule has 16 heavy (non-hydrogen) atoms. The lowest BCUT2D eigenvalue weighted by molar-refractivity contribution is -0.136. The molecule has 0 saturated heterocycles. The van der Waals surface area contributed by atoms with Gasteiger partial charge in [-0.2, -0.15) is 0 Å². The van der Waals surface area contributed by atoms with Crippen LogP contribution >= 0.6 is 0 Å². The zero-order chi connectivity index (χ0) is 12.3. The summed E-state index contributed by atoms with van der Waals surface area (Å²) < 4.78 is 26.9. The van der Waals surface area contributed by atoms with Crippen LogP contribution in [0.2, 0.25) is 0 Å². The molecule has 0 spiro atoms. The molecular formula is C9H14N2O4S. The van der Waals surface area contributed by atoms with Crippen LogP contribution in [0.3, 0.4) is 0 Å². The van der Waals surface area contributed by atoms with Gasteiger partial charge in [-0.15, -0.1) is 0 Å². The Labute approximate surface area is 93.9 Å². The Bertz CT molecular complexity index is 477. The van der Waals surface area contributed by atoms with Crippen molar-refractivity contribution in [1.82, 2.24) is 9.29 Å². The molecule has 0 aliphatic carbocycles. The summed E-state index contributed by atoms with van der Waals surface area (Å²) in [5.41, 5.74) is 0.781. The number of hydrogen-bond donors (Lipinski definition) is 2. The summed E-state index contributed by atoms with van der Waals surface area (Å²) in [4.78, 5) is 10.5. The lowest BCUT2D eigenvalue weighted by Crippen LogP contribution is -2.37. The van der Waals surface area contributed by atoms with Crippen molar-refractivity contribution in [1.29, 1.82) is 0 Å². The van der Waals surface area contributed by atoms with E-state index >= 15 is 0 Å². The molecule has 1 rings (SSSR count). The first kappa shape index (κ1) is 12.7. The molecule has 0 aliphatic heterocycles. The maximum atomic E-state index is 11.5. The van der Waals surface area contributed by atoms with E-state index in [-0.39, 0.29) is 6.54 Å². The normalized spacial score (nSPS) is 13.6. The van der Waals surface area contributed by atoms with Crippen LogP contribution in [0.1, 0.15) is 12.5 Å². The average Bonchev–Trinajstić information content (AvgIpc) is 2.60. The first-order valence-electron chi connectivity index (χ1n) is 4.65. The summed E-state index contributed by atoms with van der Waals surface area (Å²) >= 11 is 0. The Morgan fingerprint density at radius 2 is 2.25 bits per heavy atom. The minimum absolute atomic E-state index is 0.0980. The molecule has 0 radical (unpaired) electrons. The van der Waals surface area contributed by atoms with Crippen molar-refractivity contribution in [2.75, 3.05) is 0 Å². The van der Waals surface area contributed by atoms with Gasteiger partial charge in [0.1, 0.15) is 0 Å². The molecule has 7 heteroatoms. The van der Waals surface area contributed by atoms with Crippen LogP contribution in [0, 0.1) is 0 Å². The predicted octanol–water partition coefficient (Wildman–Crippen LogP) is -0.0824. The van der Waals surface area contributed by atoms with Gasteiger partial charge in [-0.1, -0.05) is 0 Å². The lowest BCUT2D eigenvalue weighted by Gasteiger charge is -2.09. The molecule has 0 aromatic carbocycles. The first-order chi connectivity index (χ1) is 7.33. The molecule has 1 aromatic heterocycles. The van der Waals surface area contributed by atoms with Gasteiger partial charge in [0, 0.05) is 26.0 Å². The largest absolute Gasteiger partial charge is 0.480 e. The van der Waals surface area contributed by atoms with Crippen molar-refractivity contribution in [3.05, 3.63) is 24.0 Å². The maximum Gasteiger partial charge on any atom is 0.323 e. The van der Waals surface area contributed by atoms with E-state index in [1.165, 1.54) is 0 Å². The number of nitrogens with zero attached hydrogens (tertiary/aromatic N) is 1. The van der Waals surface area contributed by atoms with E-state index < -0.39 is 21.2 Å². The Hall–Kier alpha value is -1.34. The molecule has 0 fully saturated rings. The van der Waals surface area contributed by atoms with Gasteiger partial charge >= 0.3 is 5.97 Å². The Balaban J connectivity index is 2.65. The summed E-state index contributed by atoms with van der Waals surface area (Å²) in [6.45, 7) is 1.23. The standard InChI is InChI=1S/C9H14N2O4S/c1-7(9(12)13)16(14,15)10-5-8-3-4-11(2)6-8/h3-4,6-7,10H,5H2,1-2H3,(H,12,13). The van der Waals surface area contributed by atoms with Gasteiger partial charge in [0.25, 0.3) is 0 Å². The van der Waals surface area contributed by atoms with Crippen molar-refractivity contribution in [3.63, 3.8) is 0 Å². The number of aromatic nitrogens is 1. The minimum Gasteiger partial charge on any atom is -0.480 e. The quantitative estimate of drug-likeness (QED) is 0.760. The Morgan fingerprint density at radius 1 is 1.62 bits per heavy atom. The van der Waals surface area contributed by atoms with Gasteiger partial charge in [0.05, 0.1) is 0 Å². The Kier molecular flexibility index (Phi) is 3.71. The van der Waals surface area contributed by atoms with Crippen LogP contribution < -0.4 is 4.72 Å². The molecular weight excluding hydrogens is 232 g/mol. The van der Waals surface area contributed by atoms with E-state index in [4.69, 9.17) is 5.11 Å². The zero-order valence-electron chi connectivity index (χ0n) is 9.04. The fraction of sp³-hybridized carbons (Fsp3) is 0.444. The van der Waals surface area contributed by atoms with Gasteiger partial charge in [-0.05, 0) is 18.6 Å². The second-order valence-electron chi connectivity index (χ2n) is 3.53. The fourth-order valence-corrected chi connectivity index (χ4v) is 1.99. The van der Waals surface area contributed by atoms with Gasteiger partial charge in [0.2, 0.25) is 10.0 Å². The van der Waals surface area contributed by atoms with Gasteiger partial charge < -0.3 is 9.67 Å². The highest BCUT2D eigenvalue weighted by molar-refractivity contribution is 7.90. The number of aryl methyl sites for hydroxylation is 1. The van der Waals surface area contributed by atoms with Crippen molar-refractivity contribution in [2.24, 2.45) is 7.05 Å². The number of aliphatic carboxylic acids is 1. The number of carbonyl (C=O) groups is 1. The van der Waals surface area contributed by atoms with E-state index in [1.807, 2.05) is 7.05 Å². The topological polar surface area (TPSA) is 88.4 Å². The molecule has 1 heterocycles. The van der Waals surface area contributed by atoms with Crippen molar-refractivity contribution in [2.45, 2.75) is 18.7 Å². The smallest absolute Gasteiger partial charge is 0.323 e. The first-order valence-corrected chi connectivity index (χ1v) is 6.19. The highest BCUT2D eigenvalue weighted by atomic mass is 32.2. The fourth-order valence-electron chi connectivity index (χ4n) is 1.11. The van der Waals surface area contributed by atoms with Crippen LogP contribution in [-0.2, 0) is 28.4 Å². The molecule has 2 N–H and O–H groups in total. The molecule has 0 bridgehead atoms.